The maximum Gasteiger partial charge on any atom is 0.0100 e. The Morgan fingerprint density at radius 3 is 2.31 bits per heavy atom. The first-order valence-electron chi connectivity index (χ1n) is 6.93. The monoisotopic (exact) mass is 289 g/mol. The van der Waals surface area contributed by atoms with E-state index < -0.39 is 0 Å². The first-order chi connectivity index (χ1) is 7.63. The van der Waals surface area contributed by atoms with Gasteiger partial charge in [0.1, 0.15) is 0 Å². The van der Waals surface area contributed by atoms with Crippen molar-refractivity contribution in [1.82, 2.24) is 4.90 Å². The molecular weight excluding hydrogens is 262 g/mol. The van der Waals surface area contributed by atoms with E-state index in [2.05, 4.69) is 41.6 Å². The van der Waals surface area contributed by atoms with Crippen molar-refractivity contribution in [3.05, 3.63) is 0 Å². The van der Waals surface area contributed by atoms with E-state index in [1.54, 1.807) is 0 Å². The highest BCUT2D eigenvalue weighted by atomic mass is 79.9. The van der Waals surface area contributed by atoms with Crippen molar-refractivity contribution in [2.24, 2.45) is 5.41 Å². The number of hydrogen-bond acceptors (Lipinski definition) is 1. The molecule has 1 nitrogen and oxygen atoms in total. The van der Waals surface area contributed by atoms with Gasteiger partial charge in [-0.3, -0.25) is 0 Å². The van der Waals surface area contributed by atoms with Gasteiger partial charge in [0.15, 0.2) is 0 Å². The lowest BCUT2D eigenvalue weighted by Gasteiger charge is -2.45. The summed E-state index contributed by atoms with van der Waals surface area (Å²) in [6.45, 7) is 9.56. The molecule has 0 spiro atoms. The molecule has 0 aromatic rings. The average Bonchev–Trinajstić information content (AvgIpc) is 2.20. The van der Waals surface area contributed by atoms with Crippen molar-refractivity contribution in [2.75, 3.05) is 18.4 Å². The summed E-state index contributed by atoms with van der Waals surface area (Å²) in [5.41, 5.74) is 0.608. The summed E-state index contributed by atoms with van der Waals surface area (Å²) < 4.78 is 0. The first kappa shape index (κ1) is 14.5. The molecule has 0 aromatic carbocycles. The van der Waals surface area contributed by atoms with E-state index in [0.717, 1.165) is 0 Å². The Morgan fingerprint density at radius 2 is 1.94 bits per heavy atom. The van der Waals surface area contributed by atoms with Crippen LogP contribution in [0.3, 0.4) is 0 Å². The fraction of sp³-hybridized carbons (Fsp3) is 1.00. The Labute approximate surface area is 110 Å². The SMILES string of the molecule is CCCCCN(CC1(CBr)CCC1)C(C)C. The third-order valence-electron chi connectivity index (χ3n) is 4.02. The van der Waals surface area contributed by atoms with Crippen LogP contribution in [0.25, 0.3) is 0 Å². The number of rotatable bonds is 8. The van der Waals surface area contributed by atoms with Gasteiger partial charge in [0.05, 0.1) is 0 Å². The van der Waals surface area contributed by atoms with Gasteiger partial charge in [0, 0.05) is 17.9 Å². The van der Waals surface area contributed by atoms with Crippen molar-refractivity contribution in [3.8, 4) is 0 Å². The standard InChI is InChI=1S/C14H28BrN/c1-4-5-6-10-16(13(2)3)12-14(11-15)8-7-9-14/h13H,4-12H2,1-3H3. The summed E-state index contributed by atoms with van der Waals surface area (Å²) in [6, 6.07) is 0.702. The predicted octanol–water partition coefficient (Wildman–Crippen LogP) is 4.45. The molecule has 1 fully saturated rings. The Kier molecular flexibility index (Phi) is 6.35. The molecule has 1 aliphatic rings. The van der Waals surface area contributed by atoms with E-state index in [9.17, 15) is 0 Å². The highest BCUT2D eigenvalue weighted by Gasteiger charge is 2.37. The van der Waals surface area contributed by atoms with Gasteiger partial charge in [-0.2, -0.15) is 0 Å². The molecule has 0 N–H and O–H groups in total. The summed E-state index contributed by atoms with van der Waals surface area (Å²) in [7, 11) is 0. The Balaban J connectivity index is 2.37. The maximum atomic E-state index is 3.72. The summed E-state index contributed by atoms with van der Waals surface area (Å²) in [5.74, 6) is 0. The van der Waals surface area contributed by atoms with Crippen LogP contribution in [0.1, 0.15) is 59.3 Å². The fourth-order valence-electron chi connectivity index (χ4n) is 2.53. The molecule has 0 radical (unpaired) electrons. The molecule has 1 rings (SSSR count). The molecule has 0 amide bonds. The van der Waals surface area contributed by atoms with Gasteiger partial charge >= 0.3 is 0 Å². The van der Waals surface area contributed by atoms with E-state index in [-0.39, 0.29) is 0 Å². The van der Waals surface area contributed by atoms with Crippen LogP contribution in [0, 0.1) is 5.41 Å². The Morgan fingerprint density at radius 1 is 1.25 bits per heavy atom. The number of halogens is 1. The van der Waals surface area contributed by atoms with Crippen molar-refractivity contribution >= 4 is 15.9 Å². The lowest BCUT2D eigenvalue weighted by atomic mass is 9.70. The third-order valence-corrected chi connectivity index (χ3v) is 5.20. The number of nitrogens with zero attached hydrogens (tertiary/aromatic N) is 1. The van der Waals surface area contributed by atoms with Crippen molar-refractivity contribution < 1.29 is 0 Å². The van der Waals surface area contributed by atoms with Gasteiger partial charge in [-0.15, -0.1) is 0 Å². The topological polar surface area (TPSA) is 3.24 Å². The summed E-state index contributed by atoms with van der Waals surface area (Å²) >= 11 is 3.72. The van der Waals surface area contributed by atoms with Crippen LogP contribution in [0.2, 0.25) is 0 Å². The molecule has 0 heterocycles. The normalized spacial score (nSPS) is 19.1. The quantitative estimate of drug-likeness (QED) is 0.471. The lowest BCUT2D eigenvalue weighted by Crippen LogP contribution is -2.46. The van der Waals surface area contributed by atoms with Crippen LogP contribution in [-0.2, 0) is 0 Å². The van der Waals surface area contributed by atoms with Crippen molar-refractivity contribution in [3.63, 3.8) is 0 Å². The molecule has 0 aromatic heterocycles. The Hall–Kier alpha value is 0.440. The maximum absolute atomic E-state index is 3.72. The van der Waals surface area contributed by atoms with Crippen LogP contribution in [0.4, 0.5) is 0 Å². The van der Waals surface area contributed by atoms with E-state index >= 15 is 0 Å². The molecule has 2 heteroatoms. The van der Waals surface area contributed by atoms with E-state index in [0.29, 0.717) is 11.5 Å². The second-order valence-corrected chi connectivity index (χ2v) is 6.32. The molecule has 0 saturated heterocycles. The molecule has 16 heavy (non-hydrogen) atoms. The Bertz CT molecular complexity index is 182. The van der Waals surface area contributed by atoms with Crippen LogP contribution < -0.4 is 0 Å². The predicted molar refractivity (Wildman–Crippen MR) is 76.3 cm³/mol. The molecule has 1 aliphatic carbocycles. The molecular formula is C14H28BrN. The third kappa shape index (κ3) is 4.03. The second-order valence-electron chi connectivity index (χ2n) is 5.76. The zero-order valence-corrected chi connectivity index (χ0v) is 12.9. The average molecular weight is 290 g/mol. The van der Waals surface area contributed by atoms with E-state index in [1.807, 2.05) is 0 Å². The van der Waals surface area contributed by atoms with Crippen LogP contribution >= 0.6 is 15.9 Å². The molecule has 96 valence electrons. The zero-order valence-electron chi connectivity index (χ0n) is 11.3. The van der Waals surface area contributed by atoms with Gasteiger partial charge in [-0.25, -0.2) is 0 Å². The molecule has 0 aliphatic heterocycles. The first-order valence-corrected chi connectivity index (χ1v) is 8.06. The zero-order chi connectivity index (χ0) is 12.0. The summed E-state index contributed by atoms with van der Waals surface area (Å²) in [4.78, 5) is 2.69. The second kappa shape index (κ2) is 7.00. The van der Waals surface area contributed by atoms with Crippen molar-refractivity contribution in [2.45, 2.75) is 65.3 Å². The molecule has 0 atom stereocenters. The molecule has 0 unspecified atom stereocenters. The van der Waals surface area contributed by atoms with E-state index in [1.165, 1.54) is 56.9 Å². The number of hydrogen-bond donors (Lipinski definition) is 0. The minimum Gasteiger partial charge on any atom is -0.300 e. The van der Waals surface area contributed by atoms with Crippen molar-refractivity contribution in [1.29, 1.82) is 0 Å². The summed E-state index contributed by atoms with van der Waals surface area (Å²) in [6.07, 6.45) is 8.37. The highest BCUT2D eigenvalue weighted by molar-refractivity contribution is 9.09. The minimum atomic E-state index is 0.608. The van der Waals surface area contributed by atoms with Gasteiger partial charge < -0.3 is 4.90 Å². The largest absolute Gasteiger partial charge is 0.300 e. The fourth-order valence-corrected chi connectivity index (χ4v) is 3.26. The van der Waals surface area contributed by atoms with Crippen LogP contribution in [0.15, 0.2) is 0 Å². The number of unbranched alkanes of at least 4 members (excludes halogenated alkanes) is 2. The van der Waals surface area contributed by atoms with Gasteiger partial charge in [-0.05, 0) is 45.1 Å². The van der Waals surface area contributed by atoms with Crippen LogP contribution in [-0.4, -0.2) is 29.4 Å². The van der Waals surface area contributed by atoms with E-state index in [4.69, 9.17) is 0 Å². The van der Waals surface area contributed by atoms with Gasteiger partial charge in [-0.1, -0.05) is 42.1 Å². The van der Waals surface area contributed by atoms with Crippen LogP contribution in [0.5, 0.6) is 0 Å². The molecule has 1 saturated carbocycles. The lowest BCUT2D eigenvalue weighted by molar-refractivity contribution is 0.0721. The minimum absolute atomic E-state index is 0.608. The smallest absolute Gasteiger partial charge is 0.0100 e. The molecule has 0 bridgehead atoms. The summed E-state index contributed by atoms with van der Waals surface area (Å²) in [5, 5.41) is 1.19. The van der Waals surface area contributed by atoms with Gasteiger partial charge in [0.2, 0.25) is 0 Å². The van der Waals surface area contributed by atoms with Gasteiger partial charge in [0.25, 0.3) is 0 Å². The highest BCUT2D eigenvalue weighted by Crippen LogP contribution is 2.43. The number of alkyl halides is 1.